The molecule has 23 heavy (non-hydrogen) atoms. The van der Waals surface area contributed by atoms with Crippen molar-refractivity contribution in [3.8, 4) is 6.07 Å². The average molecular weight is 310 g/mol. The van der Waals surface area contributed by atoms with Crippen molar-refractivity contribution in [1.82, 2.24) is 20.0 Å². The molecule has 7 heteroatoms. The summed E-state index contributed by atoms with van der Waals surface area (Å²) in [5, 5.41) is 17.4. The number of hydrogen-bond acceptors (Lipinski definition) is 6. The number of ether oxygens (including phenoxy) is 1. The maximum Gasteiger partial charge on any atom is 0.129 e. The smallest absolute Gasteiger partial charge is 0.129 e. The zero-order valence-corrected chi connectivity index (χ0v) is 13.2. The minimum Gasteiger partial charge on any atom is -0.368 e. The molecule has 0 spiro atoms. The van der Waals surface area contributed by atoms with E-state index in [2.05, 4.69) is 26.3 Å². The molecule has 0 unspecified atom stereocenters. The molecule has 2 aromatic rings. The number of nitrogens with zero attached hydrogens (tertiary/aromatic N) is 6. The fourth-order valence-electron chi connectivity index (χ4n) is 3.54. The highest BCUT2D eigenvalue weighted by atomic mass is 16.5. The van der Waals surface area contributed by atoms with Crippen LogP contribution in [0.5, 0.6) is 0 Å². The van der Waals surface area contributed by atoms with E-state index in [0.717, 1.165) is 42.3 Å². The second-order valence-electron chi connectivity index (χ2n) is 6.19. The van der Waals surface area contributed by atoms with Gasteiger partial charge >= 0.3 is 0 Å². The Hall–Kier alpha value is -2.46. The zero-order chi connectivity index (χ0) is 16.0. The molecule has 2 aliphatic rings. The molecule has 2 atom stereocenters. The Bertz CT molecular complexity index is 769. The summed E-state index contributed by atoms with van der Waals surface area (Å²) in [6.45, 7) is 6.08. The minimum atomic E-state index is 0.0935. The van der Waals surface area contributed by atoms with Gasteiger partial charge in [-0.1, -0.05) is 5.21 Å². The first kappa shape index (κ1) is 14.2. The van der Waals surface area contributed by atoms with Crippen molar-refractivity contribution >= 4 is 5.82 Å². The van der Waals surface area contributed by atoms with E-state index >= 15 is 0 Å². The first-order valence-corrected chi connectivity index (χ1v) is 7.81. The number of rotatable bonds is 1. The van der Waals surface area contributed by atoms with Crippen LogP contribution in [-0.4, -0.2) is 39.2 Å². The van der Waals surface area contributed by atoms with Crippen molar-refractivity contribution in [2.24, 2.45) is 0 Å². The summed E-state index contributed by atoms with van der Waals surface area (Å²) in [6.07, 6.45) is 2.81. The maximum absolute atomic E-state index is 9.19. The SMILES string of the molecule is Cc1cc(N2CC[C@H]3[C@H](C2)OCc2cnnn23)nc(C)c1C#N. The largest absolute Gasteiger partial charge is 0.368 e. The minimum absolute atomic E-state index is 0.0935. The number of fused-ring (bicyclic) bond motifs is 3. The van der Waals surface area contributed by atoms with Crippen molar-refractivity contribution in [3.05, 3.63) is 34.8 Å². The van der Waals surface area contributed by atoms with Gasteiger partial charge in [0.25, 0.3) is 0 Å². The van der Waals surface area contributed by atoms with Crippen LogP contribution in [-0.2, 0) is 11.3 Å². The first-order valence-electron chi connectivity index (χ1n) is 7.81. The highest BCUT2D eigenvalue weighted by molar-refractivity contribution is 5.50. The van der Waals surface area contributed by atoms with E-state index in [1.807, 2.05) is 24.6 Å². The van der Waals surface area contributed by atoms with Gasteiger partial charge in [-0.05, 0) is 31.9 Å². The van der Waals surface area contributed by atoms with Gasteiger partial charge in [-0.2, -0.15) is 5.26 Å². The van der Waals surface area contributed by atoms with Crippen LogP contribution in [0.1, 0.15) is 35.0 Å². The van der Waals surface area contributed by atoms with E-state index in [-0.39, 0.29) is 12.1 Å². The second-order valence-corrected chi connectivity index (χ2v) is 6.19. The predicted molar refractivity (Wildman–Crippen MR) is 82.9 cm³/mol. The molecular formula is C16H18N6O. The van der Waals surface area contributed by atoms with Crippen molar-refractivity contribution < 1.29 is 4.74 Å². The zero-order valence-electron chi connectivity index (χ0n) is 13.2. The molecule has 2 aliphatic heterocycles. The van der Waals surface area contributed by atoms with Crippen LogP contribution in [0.4, 0.5) is 5.82 Å². The summed E-state index contributed by atoms with van der Waals surface area (Å²) in [6, 6.07) is 4.47. The second kappa shape index (κ2) is 5.32. The Morgan fingerprint density at radius 3 is 3.04 bits per heavy atom. The van der Waals surface area contributed by atoms with E-state index in [9.17, 15) is 5.26 Å². The number of anilines is 1. The van der Waals surface area contributed by atoms with Gasteiger partial charge in [-0.3, -0.25) is 0 Å². The molecule has 0 aromatic carbocycles. The third-order valence-corrected chi connectivity index (χ3v) is 4.75. The summed E-state index contributed by atoms with van der Waals surface area (Å²) in [4.78, 5) is 6.85. The van der Waals surface area contributed by atoms with Gasteiger partial charge in [0.15, 0.2) is 0 Å². The standard InChI is InChI=1S/C16H18N6O/c1-10-5-16(19-11(2)13(10)6-17)21-4-3-14-15(8-21)23-9-12-7-18-20-22(12)14/h5,7,14-15H,3-4,8-9H2,1-2H3/t14-,15-/m0/s1. The highest BCUT2D eigenvalue weighted by Gasteiger charge is 2.36. The predicted octanol–water partition coefficient (Wildman–Crippen LogP) is 1.51. The van der Waals surface area contributed by atoms with Gasteiger partial charge < -0.3 is 9.64 Å². The lowest BCUT2D eigenvalue weighted by Crippen LogP contribution is -2.48. The number of piperidine rings is 1. The van der Waals surface area contributed by atoms with E-state index in [0.29, 0.717) is 12.2 Å². The highest BCUT2D eigenvalue weighted by Crippen LogP contribution is 2.32. The van der Waals surface area contributed by atoms with E-state index in [1.165, 1.54) is 0 Å². The van der Waals surface area contributed by atoms with Crippen LogP contribution >= 0.6 is 0 Å². The van der Waals surface area contributed by atoms with Crippen LogP contribution in [0.15, 0.2) is 12.3 Å². The number of aryl methyl sites for hydroxylation is 2. The number of aromatic nitrogens is 4. The van der Waals surface area contributed by atoms with Crippen LogP contribution in [0, 0.1) is 25.2 Å². The Morgan fingerprint density at radius 2 is 2.26 bits per heavy atom. The topological polar surface area (TPSA) is 79.9 Å². The molecule has 1 saturated heterocycles. The van der Waals surface area contributed by atoms with Crippen LogP contribution in [0.3, 0.4) is 0 Å². The third kappa shape index (κ3) is 2.26. The van der Waals surface area contributed by atoms with Crippen LogP contribution in [0.25, 0.3) is 0 Å². The molecule has 4 rings (SSSR count). The lowest BCUT2D eigenvalue weighted by Gasteiger charge is -2.41. The molecule has 0 radical (unpaired) electrons. The third-order valence-electron chi connectivity index (χ3n) is 4.75. The molecule has 0 aliphatic carbocycles. The van der Waals surface area contributed by atoms with Gasteiger partial charge in [0.05, 0.1) is 41.9 Å². The first-order chi connectivity index (χ1) is 11.2. The van der Waals surface area contributed by atoms with Crippen molar-refractivity contribution in [1.29, 1.82) is 5.26 Å². The number of pyridine rings is 1. The maximum atomic E-state index is 9.19. The quantitative estimate of drug-likeness (QED) is 0.794. The van der Waals surface area contributed by atoms with E-state index in [1.54, 1.807) is 6.20 Å². The van der Waals surface area contributed by atoms with Crippen LogP contribution in [0.2, 0.25) is 0 Å². The average Bonchev–Trinajstić information content (AvgIpc) is 3.03. The Balaban J connectivity index is 1.59. The Labute approximate surface area is 134 Å². The molecule has 0 bridgehead atoms. The molecule has 4 heterocycles. The monoisotopic (exact) mass is 310 g/mol. The van der Waals surface area contributed by atoms with Crippen LogP contribution < -0.4 is 4.90 Å². The fraction of sp³-hybridized carbons (Fsp3) is 0.500. The molecule has 0 amide bonds. The molecular weight excluding hydrogens is 292 g/mol. The summed E-state index contributed by atoms with van der Waals surface area (Å²) >= 11 is 0. The van der Waals surface area contributed by atoms with Crippen molar-refractivity contribution in [2.75, 3.05) is 18.0 Å². The lowest BCUT2D eigenvalue weighted by atomic mass is 9.99. The number of hydrogen-bond donors (Lipinski definition) is 0. The lowest BCUT2D eigenvalue weighted by molar-refractivity contribution is -0.0335. The van der Waals surface area contributed by atoms with E-state index in [4.69, 9.17) is 4.74 Å². The van der Waals surface area contributed by atoms with Gasteiger partial charge in [0.2, 0.25) is 0 Å². The van der Waals surface area contributed by atoms with Gasteiger partial charge in [0.1, 0.15) is 11.9 Å². The summed E-state index contributed by atoms with van der Waals surface area (Å²) in [7, 11) is 0. The number of nitriles is 1. The molecule has 0 saturated carbocycles. The van der Waals surface area contributed by atoms with Gasteiger partial charge in [-0.25, -0.2) is 9.67 Å². The summed E-state index contributed by atoms with van der Waals surface area (Å²) in [5.74, 6) is 0.922. The molecule has 1 fully saturated rings. The fourth-order valence-corrected chi connectivity index (χ4v) is 3.54. The Morgan fingerprint density at radius 1 is 1.39 bits per heavy atom. The molecule has 118 valence electrons. The molecule has 2 aromatic heterocycles. The van der Waals surface area contributed by atoms with Crippen molar-refractivity contribution in [3.63, 3.8) is 0 Å². The summed E-state index contributed by atoms with van der Waals surface area (Å²) in [5.41, 5.74) is 3.47. The molecule has 7 nitrogen and oxygen atoms in total. The van der Waals surface area contributed by atoms with E-state index < -0.39 is 0 Å². The summed E-state index contributed by atoms with van der Waals surface area (Å²) < 4.78 is 8.01. The van der Waals surface area contributed by atoms with Gasteiger partial charge in [-0.15, -0.1) is 5.10 Å². The van der Waals surface area contributed by atoms with Crippen molar-refractivity contribution in [2.45, 2.75) is 39.0 Å². The molecule has 0 N–H and O–H groups in total. The normalized spacial score (nSPS) is 23.1. The van der Waals surface area contributed by atoms with Gasteiger partial charge in [0, 0.05) is 13.1 Å². The Kier molecular flexibility index (Phi) is 3.27.